The molecule has 3 heteroatoms. The van der Waals surface area contributed by atoms with Gasteiger partial charge < -0.3 is 15.3 Å². The number of benzene rings is 1. The van der Waals surface area contributed by atoms with E-state index < -0.39 is 0 Å². The van der Waals surface area contributed by atoms with Gasteiger partial charge >= 0.3 is 0 Å². The lowest BCUT2D eigenvalue weighted by Crippen LogP contribution is -2.47. The van der Waals surface area contributed by atoms with E-state index in [0.717, 1.165) is 26.1 Å². The molecule has 1 aliphatic carbocycles. The number of aliphatic hydroxyl groups excluding tert-OH is 1. The maximum absolute atomic E-state index is 9.06. The number of nitrogens with one attached hydrogen (secondary N) is 1. The minimum Gasteiger partial charge on any atom is -0.395 e. The van der Waals surface area contributed by atoms with Crippen LogP contribution in [0.3, 0.4) is 0 Å². The fraction of sp³-hybridized carbons (Fsp3) is 0.619. The minimum atomic E-state index is 0.278. The van der Waals surface area contributed by atoms with Crippen LogP contribution in [0, 0.1) is 5.92 Å². The van der Waals surface area contributed by atoms with Crippen molar-refractivity contribution in [2.24, 2.45) is 5.92 Å². The van der Waals surface area contributed by atoms with Gasteiger partial charge in [0.1, 0.15) is 0 Å². The average molecular weight is 329 g/mol. The number of rotatable bonds is 7. The molecule has 3 rings (SSSR count). The molecule has 24 heavy (non-hydrogen) atoms. The van der Waals surface area contributed by atoms with Crippen molar-refractivity contribution in [3.8, 4) is 0 Å². The van der Waals surface area contributed by atoms with Gasteiger partial charge in [0.05, 0.1) is 6.61 Å². The zero-order valence-electron chi connectivity index (χ0n) is 15.2. The van der Waals surface area contributed by atoms with Gasteiger partial charge in [-0.05, 0) is 57.2 Å². The maximum atomic E-state index is 9.06. The third kappa shape index (κ3) is 4.27. The van der Waals surface area contributed by atoms with Gasteiger partial charge in [0.25, 0.3) is 0 Å². The van der Waals surface area contributed by atoms with Gasteiger partial charge in [0.2, 0.25) is 0 Å². The number of likely N-dealkylation sites (tertiary alicyclic amines) is 1. The molecule has 0 radical (unpaired) electrons. The fourth-order valence-electron chi connectivity index (χ4n) is 4.19. The molecule has 2 fully saturated rings. The first-order valence-corrected chi connectivity index (χ1v) is 9.51. The first kappa shape index (κ1) is 17.7. The number of aliphatic hydroxyl groups is 1. The third-order valence-corrected chi connectivity index (χ3v) is 5.78. The predicted octanol–water partition coefficient (Wildman–Crippen LogP) is 3.30. The Labute approximate surface area is 146 Å². The molecule has 132 valence electrons. The van der Waals surface area contributed by atoms with Gasteiger partial charge in [-0.15, -0.1) is 0 Å². The summed E-state index contributed by atoms with van der Waals surface area (Å²) in [4.78, 5) is 2.37. The summed E-state index contributed by atoms with van der Waals surface area (Å²) in [5.41, 5.74) is 3.18. The first-order chi connectivity index (χ1) is 11.6. The van der Waals surface area contributed by atoms with Crippen LogP contribution in [0.4, 0.5) is 0 Å². The van der Waals surface area contributed by atoms with E-state index in [1.807, 2.05) is 0 Å². The van der Waals surface area contributed by atoms with Crippen molar-refractivity contribution in [1.29, 1.82) is 0 Å². The second-order valence-corrected chi connectivity index (χ2v) is 7.64. The van der Waals surface area contributed by atoms with Crippen molar-refractivity contribution < 1.29 is 5.11 Å². The monoisotopic (exact) mass is 328 g/mol. The molecule has 0 bridgehead atoms. The second kappa shape index (κ2) is 7.81. The highest BCUT2D eigenvalue weighted by atomic mass is 16.3. The Balaban J connectivity index is 1.55. The quantitative estimate of drug-likeness (QED) is 0.806. The van der Waals surface area contributed by atoms with Gasteiger partial charge in [-0.3, -0.25) is 0 Å². The molecule has 1 aromatic carbocycles. The normalized spacial score (nSPS) is 29.0. The lowest BCUT2D eigenvalue weighted by Gasteiger charge is -2.34. The van der Waals surface area contributed by atoms with Crippen molar-refractivity contribution >= 4 is 6.08 Å². The van der Waals surface area contributed by atoms with Gasteiger partial charge in [-0.25, -0.2) is 0 Å². The standard InChI is InChI=1S/C21H32N2O/c1-3-18(15-17-7-5-4-6-8-17)20-16-21(20,2)22-19-9-11-23(12-10-19)13-14-24/h4-8,15,19-20,22,24H,3,9-14,16H2,1-2H3/b18-15+/t20-,21?/m1/s1. The zero-order chi connectivity index (χ0) is 17.0. The Morgan fingerprint density at radius 1 is 1.29 bits per heavy atom. The molecule has 2 atom stereocenters. The Morgan fingerprint density at radius 3 is 2.62 bits per heavy atom. The smallest absolute Gasteiger partial charge is 0.0558 e. The van der Waals surface area contributed by atoms with E-state index in [2.05, 4.69) is 60.5 Å². The Kier molecular flexibility index (Phi) is 5.75. The highest BCUT2D eigenvalue weighted by Crippen LogP contribution is 2.50. The summed E-state index contributed by atoms with van der Waals surface area (Å²) < 4.78 is 0. The van der Waals surface area contributed by atoms with Crippen LogP contribution in [0.25, 0.3) is 6.08 Å². The SMILES string of the molecule is CC/C(=C\c1ccccc1)[C@H]1CC1(C)NC1CCN(CCO)CC1. The van der Waals surface area contributed by atoms with E-state index >= 15 is 0 Å². The molecule has 1 heterocycles. The van der Waals surface area contributed by atoms with Crippen molar-refractivity contribution in [1.82, 2.24) is 10.2 Å². The second-order valence-electron chi connectivity index (χ2n) is 7.64. The topological polar surface area (TPSA) is 35.5 Å². The molecule has 0 amide bonds. The highest BCUT2D eigenvalue weighted by Gasteiger charge is 2.52. The summed E-state index contributed by atoms with van der Waals surface area (Å²) >= 11 is 0. The summed E-state index contributed by atoms with van der Waals surface area (Å²) in [6, 6.07) is 11.3. The number of piperidine rings is 1. The predicted molar refractivity (Wildman–Crippen MR) is 101 cm³/mol. The van der Waals surface area contributed by atoms with Crippen LogP contribution in [0.15, 0.2) is 35.9 Å². The Morgan fingerprint density at radius 2 is 2.00 bits per heavy atom. The number of β-amino-alcohol motifs (C(OH)–C–C–N with tert-alkyl or cyclic N) is 1. The minimum absolute atomic E-state index is 0.278. The number of hydrogen-bond acceptors (Lipinski definition) is 3. The van der Waals surface area contributed by atoms with Crippen LogP contribution in [0.2, 0.25) is 0 Å². The molecule has 2 N–H and O–H groups in total. The number of hydrogen-bond donors (Lipinski definition) is 2. The summed E-state index contributed by atoms with van der Waals surface area (Å²) in [7, 11) is 0. The third-order valence-electron chi connectivity index (χ3n) is 5.78. The van der Waals surface area contributed by atoms with Crippen molar-refractivity contribution in [2.75, 3.05) is 26.2 Å². The van der Waals surface area contributed by atoms with E-state index in [1.165, 1.54) is 24.8 Å². The van der Waals surface area contributed by atoms with E-state index in [0.29, 0.717) is 12.0 Å². The fourth-order valence-corrected chi connectivity index (χ4v) is 4.19. The number of nitrogens with zero attached hydrogens (tertiary/aromatic N) is 1. The molecule has 1 saturated carbocycles. The zero-order valence-corrected chi connectivity index (χ0v) is 15.2. The molecular formula is C21H32N2O. The van der Waals surface area contributed by atoms with Crippen LogP contribution in [0.1, 0.15) is 45.1 Å². The molecule has 1 aliphatic heterocycles. The van der Waals surface area contributed by atoms with Gasteiger partial charge in [0, 0.05) is 18.1 Å². The lowest BCUT2D eigenvalue weighted by molar-refractivity contribution is 0.152. The largest absolute Gasteiger partial charge is 0.395 e. The molecular weight excluding hydrogens is 296 g/mol. The Hall–Kier alpha value is -1.16. The molecule has 0 spiro atoms. The summed E-state index contributed by atoms with van der Waals surface area (Å²) in [6.07, 6.45) is 7.18. The molecule has 1 aromatic rings. The molecule has 1 unspecified atom stereocenters. The first-order valence-electron chi connectivity index (χ1n) is 9.51. The van der Waals surface area contributed by atoms with Crippen molar-refractivity contribution in [3.05, 3.63) is 41.5 Å². The molecule has 1 saturated heterocycles. The summed E-state index contributed by atoms with van der Waals surface area (Å²) in [5.74, 6) is 0.679. The van der Waals surface area contributed by atoms with Gasteiger partial charge in [-0.2, -0.15) is 0 Å². The highest BCUT2D eigenvalue weighted by molar-refractivity contribution is 5.55. The van der Waals surface area contributed by atoms with Gasteiger partial charge in [0.15, 0.2) is 0 Å². The van der Waals surface area contributed by atoms with Gasteiger partial charge in [-0.1, -0.05) is 48.9 Å². The van der Waals surface area contributed by atoms with Crippen molar-refractivity contribution in [3.63, 3.8) is 0 Å². The van der Waals surface area contributed by atoms with E-state index in [4.69, 9.17) is 5.11 Å². The maximum Gasteiger partial charge on any atom is 0.0558 e. The van der Waals surface area contributed by atoms with E-state index in [-0.39, 0.29) is 12.1 Å². The lowest BCUT2D eigenvalue weighted by atomic mass is 9.99. The summed E-state index contributed by atoms with van der Waals surface area (Å²) in [5, 5.41) is 13.0. The molecule has 3 nitrogen and oxygen atoms in total. The van der Waals surface area contributed by atoms with E-state index in [9.17, 15) is 0 Å². The molecule has 2 aliphatic rings. The van der Waals surface area contributed by atoms with Crippen LogP contribution in [0.5, 0.6) is 0 Å². The average Bonchev–Trinajstić information content (AvgIpc) is 3.26. The van der Waals surface area contributed by atoms with E-state index in [1.54, 1.807) is 5.57 Å². The van der Waals surface area contributed by atoms with Crippen LogP contribution < -0.4 is 5.32 Å². The van der Waals surface area contributed by atoms with Crippen LogP contribution in [-0.4, -0.2) is 47.8 Å². The van der Waals surface area contributed by atoms with Crippen LogP contribution >= 0.6 is 0 Å². The molecule has 0 aromatic heterocycles. The van der Waals surface area contributed by atoms with Crippen LogP contribution in [-0.2, 0) is 0 Å². The van der Waals surface area contributed by atoms with Crippen molar-refractivity contribution in [2.45, 2.75) is 51.1 Å². The Bertz CT molecular complexity index is 548. The summed E-state index contributed by atoms with van der Waals surface area (Å²) in [6.45, 7) is 8.00.